The molecule has 0 radical (unpaired) electrons. The second kappa shape index (κ2) is 4.33. The first kappa shape index (κ1) is 11.8. The number of aliphatic carboxylic acids is 1. The molecule has 0 aliphatic carbocycles. The van der Waals surface area contributed by atoms with E-state index >= 15 is 0 Å². The quantitative estimate of drug-likeness (QED) is 0.809. The highest BCUT2D eigenvalue weighted by molar-refractivity contribution is 7.07. The standard InChI is InChI=1S/C10H12N2O4S/c1-6-5-17-10(16)12(6)4-8(13)11-2-7(3-11)9(14)15/h5,7H,2-4H2,1H3,(H,14,15). The van der Waals surface area contributed by atoms with E-state index < -0.39 is 11.9 Å². The van der Waals surface area contributed by atoms with E-state index in [0.717, 1.165) is 17.0 Å². The molecule has 1 aromatic rings. The van der Waals surface area contributed by atoms with Crippen LogP contribution >= 0.6 is 11.3 Å². The minimum absolute atomic E-state index is 0.000502. The number of thiazole rings is 1. The number of carbonyl (C=O) groups excluding carboxylic acids is 1. The van der Waals surface area contributed by atoms with Gasteiger partial charge >= 0.3 is 10.8 Å². The van der Waals surface area contributed by atoms with E-state index in [1.54, 1.807) is 12.3 Å². The summed E-state index contributed by atoms with van der Waals surface area (Å²) in [5, 5.41) is 10.4. The zero-order valence-corrected chi connectivity index (χ0v) is 10.1. The van der Waals surface area contributed by atoms with Gasteiger partial charge in [-0.3, -0.25) is 19.0 Å². The van der Waals surface area contributed by atoms with Crippen molar-refractivity contribution in [3.8, 4) is 0 Å². The number of hydrogen-bond acceptors (Lipinski definition) is 4. The number of amides is 1. The highest BCUT2D eigenvalue weighted by Crippen LogP contribution is 2.16. The van der Waals surface area contributed by atoms with Gasteiger partial charge in [0.25, 0.3) is 0 Å². The molecule has 0 spiro atoms. The summed E-state index contributed by atoms with van der Waals surface area (Å²) in [4.78, 5) is 35.0. The van der Waals surface area contributed by atoms with Crippen LogP contribution in [-0.4, -0.2) is 39.5 Å². The molecule has 2 rings (SSSR count). The molecule has 0 aromatic carbocycles. The lowest BCUT2D eigenvalue weighted by Gasteiger charge is -2.36. The molecule has 7 heteroatoms. The minimum atomic E-state index is -0.877. The Morgan fingerprint density at radius 1 is 1.53 bits per heavy atom. The fourth-order valence-electron chi connectivity index (χ4n) is 1.67. The number of carboxylic acid groups (broad SMARTS) is 1. The van der Waals surface area contributed by atoms with E-state index in [0.29, 0.717) is 0 Å². The fraction of sp³-hybridized carbons (Fsp3) is 0.500. The van der Waals surface area contributed by atoms with Gasteiger partial charge in [0.15, 0.2) is 0 Å². The van der Waals surface area contributed by atoms with Crippen LogP contribution in [-0.2, 0) is 16.1 Å². The lowest BCUT2D eigenvalue weighted by Crippen LogP contribution is -2.54. The molecule has 92 valence electrons. The molecule has 6 nitrogen and oxygen atoms in total. The summed E-state index contributed by atoms with van der Waals surface area (Å²) < 4.78 is 1.40. The summed E-state index contributed by atoms with van der Waals surface area (Å²) in [7, 11) is 0. The van der Waals surface area contributed by atoms with Crippen molar-refractivity contribution in [2.45, 2.75) is 13.5 Å². The molecule has 2 heterocycles. The van der Waals surface area contributed by atoms with Crippen molar-refractivity contribution in [1.82, 2.24) is 9.47 Å². The Kier molecular flexibility index (Phi) is 3.01. The van der Waals surface area contributed by atoms with Crippen LogP contribution in [0.3, 0.4) is 0 Å². The molecule has 1 aliphatic rings. The van der Waals surface area contributed by atoms with Gasteiger partial charge in [-0.15, -0.1) is 0 Å². The van der Waals surface area contributed by atoms with E-state index in [-0.39, 0.29) is 30.4 Å². The van der Waals surface area contributed by atoms with Crippen LogP contribution in [0.4, 0.5) is 0 Å². The number of nitrogens with zero attached hydrogens (tertiary/aromatic N) is 2. The van der Waals surface area contributed by atoms with Gasteiger partial charge in [0.1, 0.15) is 6.54 Å². The number of hydrogen-bond donors (Lipinski definition) is 1. The van der Waals surface area contributed by atoms with Crippen molar-refractivity contribution < 1.29 is 14.7 Å². The number of rotatable bonds is 3. The third kappa shape index (κ3) is 2.23. The maximum atomic E-state index is 11.7. The molecule has 1 N–H and O–H groups in total. The predicted molar refractivity (Wildman–Crippen MR) is 61.0 cm³/mol. The Morgan fingerprint density at radius 3 is 2.65 bits per heavy atom. The predicted octanol–water partition coefficient (Wildman–Crippen LogP) is -0.239. The van der Waals surface area contributed by atoms with Crippen molar-refractivity contribution in [3.63, 3.8) is 0 Å². The van der Waals surface area contributed by atoms with Gasteiger partial charge in [-0.2, -0.15) is 0 Å². The van der Waals surface area contributed by atoms with Crippen molar-refractivity contribution in [3.05, 3.63) is 20.7 Å². The van der Waals surface area contributed by atoms with Gasteiger partial charge in [0, 0.05) is 24.2 Å². The Labute approximate surface area is 101 Å². The van der Waals surface area contributed by atoms with Crippen LogP contribution in [0.1, 0.15) is 5.69 Å². The second-order valence-electron chi connectivity index (χ2n) is 4.06. The topological polar surface area (TPSA) is 79.6 Å². The average Bonchev–Trinajstić information content (AvgIpc) is 2.46. The van der Waals surface area contributed by atoms with Crippen LogP contribution < -0.4 is 4.87 Å². The van der Waals surface area contributed by atoms with Gasteiger partial charge in [0.2, 0.25) is 5.91 Å². The Bertz CT molecular complexity index is 513. The first-order valence-electron chi connectivity index (χ1n) is 5.14. The summed E-state index contributed by atoms with van der Waals surface area (Å²) in [6.45, 7) is 2.25. The van der Waals surface area contributed by atoms with Gasteiger partial charge in [-0.05, 0) is 6.92 Å². The van der Waals surface area contributed by atoms with E-state index in [1.807, 2.05) is 0 Å². The summed E-state index contributed by atoms with van der Waals surface area (Å²) >= 11 is 1.06. The Morgan fingerprint density at radius 2 is 2.18 bits per heavy atom. The number of carbonyl (C=O) groups is 2. The van der Waals surface area contributed by atoms with Crippen LogP contribution in [0.25, 0.3) is 0 Å². The third-order valence-corrected chi connectivity index (χ3v) is 3.73. The van der Waals surface area contributed by atoms with Gasteiger partial charge in [0.05, 0.1) is 5.92 Å². The SMILES string of the molecule is Cc1csc(=O)n1CC(=O)N1CC(C(=O)O)C1. The zero-order valence-electron chi connectivity index (χ0n) is 9.25. The molecule has 1 aliphatic heterocycles. The van der Waals surface area contributed by atoms with Crippen molar-refractivity contribution in [1.29, 1.82) is 0 Å². The van der Waals surface area contributed by atoms with E-state index in [2.05, 4.69) is 0 Å². The van der Waals surface area contributed by atoms with Gasteiger partial charge in [-0.1, -0.05) is 11.3 Å². The number of likely N-dealkylation sites (tertiary alicyclic amines) is 1. The molecule has 17 heavy (non-hydrogen) atoms. The van der Waals surface area contributed by atoms with Gasteiger partial charge < -0.3 is 10.0 Å². The van der Waals surface area contributed by atoms with Crippen LogP contribution in [0.15, 0.2) is 10.2 Å². The third-order valence-electron chi connectivity index (χ3n) is 2.85. The molecule has 0 bridgehead atoms. The fourth-order valence-corrected chi connectivity index (χ4v) is 2.40. The molecule has 1 amide bonds. The molecular weight excluding hydrogens is 244 g/mol. The molecule has 0 unspecified atom stereocenters. The lowest BCUT2D eigenvalue weighted by atomic mass is 10.0. The van der Waals surface area contributed by atoms with Crippen molar-refractivity contribution >= 4 is 23.2 Å². The van der Waals surface area contributed by atoms with Crippen molar-refractivity contribution in [2.75, 3.05) is 13.1 Å². The van der Waals surface area contributed by atoms with E-state index in [9.17, 15) is 14.4 Å². The zero-order chi connectivity index (χ0) is 12.6. The Balaban J connectivity index is 1.96. The van der Waals surface area contributed by atoms with E-state index in [4.69, 9.17) is 5.11 Å². The lowest BCUT2D eigenvalue weighted by molar-refractivity contribution is -0.153. The first-order chi connectivity index (χ1) is 7.99. The largest absolute Gasteiger partial charge is 0.481 e. The molecule has 1 saturated heterocycles. The monoisotopic (exact) mass is 256 g/mol. The van der Waals surface area contributed by atoms with Gasteiger partial charge in [-0.25, -0.2) is 0 Å². The molecule has 0 saturated carbocycles. The number of carboxylic acids is 1. The van der Waals surface area contributed by atoms with Crippen LogP contribution in [0.5, 0.6) is 0 Å². The molecular formula is C10H12N2O4S. The van der Waals surface area contributed by atoms with Crippen LogP contribution in [0.2, 0.25) is 0 Å². The van der Waals surface area contributed by atoms with Crippen molar-refractivity contribution in [2.24, 2.45) is 5.92 Å². The highest BCUT2D eigenvalue weighted by Gasteiger charge is 2.35. The first-order valence-corrected chi connectivity index (χ1v) is 6.02. The summed E-state index contributed by atoms with van der Waals surface area (Å²) in [6.07, 6.45) is 0. The molecule has 0 atom stereocenters. The normalized spacial score (nSPS) is 15.7. The maximum absolute atomic E-state index is 11.7. The average molecular weight is 256 g/mol. The molecule has 1 fully saturated rings. The Hall–Kier alpha value is -1.63. The maximum Gasteiger partial charge on any atom is 0.310 e. The smallest absolute Gasteiger partial charge is 0.310 e. The number of aryl methyl sites for hydroxylation is 1. The highest BCUT2D eigenvalue weighted by atomic mass is 32.1. The minimum Gasteiger partial charge on any atom is -0.481 e. The van der Waals surface area contributed by atoms with E-state index in [1.165, 1.54) is 9.47 Å². The number of aromatic nitrogens is 1. The summed E-state index contributed by atoms with van der Waals surface area (Å²) in [5.74, 6) is -1.54. The molecule has 1 aromatic heterocycles. The second-order valence-corrected chi connectivity index (χ2v) is 4.88. The summed E-state index contributed by atoms with van der Waals surface area (Å²) in [5.41, 5.74) is 0.753. The van der Waals surface area contributed by atoms with Crippen LogP contribution in [0, 0.1) is 12.8 Å². The summed E-state index contributed by atoms with van der Waals surface area (Å²) in [6, 6.07) is 0.